The Hall–Kier alpha value is -1.13. The second kappa shape index (κ2) is 6.87. The molecule has 0 saturated heterocycles. The van der Waals surface area contributed by atoms with Gasteiger partial charge in [-0.3, -0.25) is 4.79 Å². The maximum atomic E-state index is 13.8. The standard InChI is InChI=1S/C14H19FN2O.ClH/c1-9-4-2-6-11(13(9)15)14(18)17-12-7-3-5-10(12)8-16;/h2,4,6,10,12H,3,5,7-8,16H2,1H3,(H,17,18);1H. The molecular weight excluding hydrogens is 267 g/mol. The Morgan fingerprint density at radius 3 is 2.89 bits per heavy atom. The molecule has 0 aromatic heterocycles. The fourth-order valence-corrected chi connectivity index (χ4v) is 2.58. The summed E-state index contributed by atoms with van der Waals surface area (Å²) in [4.78, 5) is 12.0. The van der Waals surface area contributed by atoms with Crippen molar-refractivity contribution < 1.29 is 9.18 Å². The third-order valence-corrected chi connectivity index (χ3v) is 3.71. The van der Waals surface area contributed by atoms with Crippen LogP contribution in [0.4, 0.5) is 4.39 Å². The fourth-order valence-electron chi connectivity index (χ4n) is 2.58. The number of carbonyl (C=O) groups is 1. The number of hydrogen-bond acceptors (Lipinski definition) is 2. The minimum atomic E-state index is -0.433. The SMILES string of the molecule is Cc1cccc(C(=O)NC2CCCC2CN)c1F.Cl. The zero-order valence-electron chi connectivity index (χ0n) is 11.0. The summed E-state index contributed by atoms with van der Waals surface area (Å²) in [6.45, 7) is 2.23. The molecule has 0 spiro atoms. The van der Waals surface area contributed by atoms with Crippen LogP contribution in [0.3, 0.4) is 0 Å². The van der Waals surface area contributed by atoms with Gasteiger partial charge in [0, 0.05) is 6.04 Å². The smallest absolute Gasteiger partial charge is 0.254 e. The first-order chi connectivity index (χ1) is 8.63. The van der Waals surface area contributed by atoms with Crippen molar-refractivity contribution in [3.8, 4) is 0 Å². The topological polar surface area (TPSA) is 55.1 Å². The van der Waals surface area contributed by atoms with Crippen molar-refractivity contribution in [1.29, 1.82) is 0 Å². The zero-order chi connectivity index (χ0) is 13.1. The molecule has 0 aliphatic heterocycles. The van der Waals surface area contributed by atoms with Crippen LogP contribution >= 0.6 is 12.4 Å². The van der Waals surface area contributed by atoms with E-state index < -0.39 is 5.82 Å². The molecule has 3 N–H and O–H groups in total. The van der Waals surface area contributed by atoms with Crippen LogP contribution in [-0.4, -0.2) is 18.5 Å². The van der Waals surface area contributed by atoms with Crippen molar-refractivity contribution >= 4 is 18.3 Å². The van der Waals surface area contributed by atoms with Crippen LogP contribution in [-0.2, 0) is 0 Å². The molecule has 2 atom stereocenters. The van der Waals surface area contributed by atoms with Crippen LogP contribution in [0.1, 0.15) is 35.2 Å². The molecule has 0 radical (unpaired) electrons. The summed E-state index contributed by atoms with van der Waals surface area (Å²) in [7, 11) is 0. The van der Waals surface area contributed by atoms with E-state index in [0.29, 0.717) is 18.0 Å². The number of rotatable bonds is 3. The summed E-state index contributed by atoms with van der Waals surface area (Å²) in [5, 5.41) is 2.91. The minimum Gasteiger partial charge on any atom is -0.349 e. The van der Waals surface area contributed by atoms with Crippen molar-refractivity contribution in [3.63, 3.8) is 0 Å². The van der Waals surface area contributed by atoms with Crippen LogP contribution in [0.25, 0.3) is 0 Å². The first kappa shape index (κ1) is 15.9. The van der Waals surface area contributed by atoms with Crippen LogP contribution in [0, 0.1) is 18.7 Å². The third kappa shape index (κ3) is 3.45. The molecule has 19 heavy (non-hydrogen) atoms. The Morgan fingerprint density at radius 1 is 1.47 bits per heavy atom. The zero-order valence-corrected chi connectivity index (χ0v) is 11.8. The van der Waals surface area contributed by atoms with E-state index >= 15 is 0 Å². The highest BCUT2D eigenvalue weighted by Gasteiger charge is 2.28. The highest BCUT2D eigenvalue weighted by molar-refractivity contribution is 5.94. The maximum absolute atomic E-state index is 13.8. The molecule has 1 amide bonds. The largest absolute Gasteiger partial charge is 0.349 e. The Balaban J connectivity index is 0.00000180. The van der Waals surface area contributed by atoms with E-state index in [2.05, 4.69) is 5.32 Å². The van der Waals surface area contributed by atoms with E-state index in [1.54, 1.807) is 19.1 Å². The summed E-state index contributed by atoms with van der Waals surface area (Å²) in [6.07, 6.45) is 3.04. The van der Waals surface area contributed by atoms with Crippen molar-refractivity contribution in [3.05, 3.63) is 35.1 Å². The van der Waals surface area contributed by atoms with E-state index in [0.717, 1.165) is 19.3 Å². The average Bonchev–Trinajstić information content (AvgIpc) is 2.79. The predicted molar refractivity (Wildman–Crippen MR) is 76.0 cm³/mol. The van der Waals surface area contributed by atoms with Gasteiger partial charge in [0.05, 0.1) is 5.56 Å². The highest BCUT2D eigenvalue weighted by atomic mass is 35.5. The molecule has 1 aliphatic carbocycles. The normalized spacial score (nSPS) is 21.8. The molecule has 1 aliphatic rings. The van der Waals surface area contributed by atoms with Gasteiger partial charge in [-0.2, -0.15) is 0 Å². The summed E-state index contributed by atoms with van der Waals surface area (Å²) in [6, 6.07) is 4.96. The Bertz CT molecular complexity index is 453. The van der Waals surface area contributed by atoms with E-state index in [9.17, 15) is 9.18 Å². The first-order valence-corrected chi connectivity index (χ1v) is 6.39. The van der Waals surface area contributed by atoms with Crippen molar-refractivity contribution in [2.75, 3.05) is 6.54 Å². The maximum Gasteiger partial charge on any atom is 0.254 e. The van der Waals surface area contributed by atoms with Crippen molar-refractivity contribution in [1.82, 2.24) is 5.32 Å². The molecule has 5 heteroatoms. The third-order valence-electron chi connectivity index (χ3n) is 3.71. The van der Waals surface area contributed by atoms with Gasteiger partial charge in [-0.25, -0.2) is 4.39 Å². The number of carbonyl (C=O) groups excluding carboxylic acids is 1. The molecule has 0 heterocycles. The lowest BCUT2D eigenvalue weighted by Crippen LogP contribution is -2.40. The molecule has 2 unspecified atom stereocenters. The first-order valence-electron chi connectivity index (χ1n) is 6.39. The highest BCUT2D eigenvalue weighted by Crippen LogP contribution is 2.25. The average molecular weight is 287 g/mol. The van der Waals surface area contributed by atoms with Crippen LogP contribution in [0.2, 0.25) is 0 Å². The van der Waals surface area contributed by atoms with E-state index in [-0.39, 0.29) is 29.9 Å². The lowest BCUT2D eigenvalue weighted by Gasteiger charge is -2.19. The molecule has 0 bridgehead atoms. The van der Waals surface area contributed by atoms with Gasteiger partial charge >= 0.3 is 0 Å². The molecule has 1 aromatic carbocycles. The second-order valence-corrected chi connectivity index (χ2v) is 4.94. The Labute approximate surface area is 119 Å². The summed E-state index contributed by atoms with van der Waals surface area (Å²) in [5.74, 6) is -0.444. The fraction of sp³-hybridized carbons (Fsp3) is 0.500. The number of hydrogen-bond donors (Lipinski definition) is 2. The second-order valence-electron chi connectivity index (χ2n) is 4.94. The van der Waals surface area contributed by atoms with Gasteiger partial charge in [0.15, 0.2) is 0 Å². The minimum absolute atomic E-state index is 0. The number of nitrogens with one attached hydrogen (secondary N) is 1. The molecular formula is C14H20ClFN2O. The lowest BCUT2D eigenvalue weighted by molar-refractivity contribution is 0.0924. The number of amides is 1. The van der Waals surface area contributed by atoms with Crippen molar-refractivity contribution in [2.24, 2.45) is 11.7 Å². The van der Waals surface area contributed by atoms with Crippen LogP contribution < -0.4 is 11.1 Å². The summed E-state index contributed by atoms with van der Waals surface area (Å²) in [5.41, 5.74) is 6.28. The van der Waals surface area contributed by atoms with Crippen LogP contribution in [0.5, 0.6) is 0 Å². The number of benzene rings is 1. The molecule has 3 nitrogen and oxygen atoms in total. The number of nitrogens with two attached hydrogens (primary N) is 1. The monoisotopic (exact) mass is 286 g/mol. The predicted octanol–water partition coefficient (Wildman–Crippen LogP) is 2.41. The van der Waals surface area contributed by atoms with Gasteiger partial charge in [-0.05, 0) is 43.9 Å². The quantitative estimate of drug-likeness (QED) is 0.896. The Kier molecular flexibility index (Phi) is 5.76. The summed E-state index contributed by atoms with van der Waals surface area (Å²) < 4.78 is 13.8. The molecule has 106 valence electrons. The van der Waals surface area contributed by atoms with Crippen LogP contribution in [0.15, 0.2) is 18.2 Å². The number of halogens is 2. The van der Waals surface area contributed by atoms with Gasteiger partial charge in [0.2, 0.25) is 0 Å². The number of aryl methyl sites for hydroxylation is 1. The van der Waals surface area contributed by atoms with Gasteiger partial charge in [-0.1, -0.05) is 18.6 Å². The van der Waals surface area contributed by atoms with Gasteiger partial charge < -0.3 is 11.1 Å². The van der Waals surface area contributed by atoms with Gasteiger partial charge in [-0.15, -0.1) is 12.4 Å². The van der Waals surface area contributed by atoms with Gasteiger partial charge in [0.1, 0.15) is 5.82 Å². The Morgan fingerprint density at radius 2 is 2.21 bits per heavy atom. The molecule has 1 saturated carbocycles. The van der Waals surface area contributed by atoms with E-state index in [1.807, 2.05) is 0 Å². The lowest BCUT2D eigenvalue weighted by atomic mass is 10.0. The summed E-state index contributed by atoms with van der Waals surface area (Å²) >= 11 is 0. The van der Waals surface area contributed by atoms with Gasteiger partial charge in [0.25, 0.3) is 5.91 Å². The van der Waals surface area contributed by atoms with E-state index in [4.69, 9.17) is 5.73 Å². The van der Waals surface area contributed by atoms with E-state index in [1.165, 1.54) is 6.07 Å². The molecule has 1 fully saturated rings. The van der Waals surface area contributed by atoms with Crippen molar-refractivity contribution in [2.45, 2.75) is 32.2 Å². The molecule has 2 rings (SSSR count). The molecule has 1 aromatic rings.